The predicted molar refractivity (Wildman–Crippen MR) is 92.7 cm³/mol. The Morgan fingerprint density at radius 2 is 1.57 bits per heavy atom. The molecule has 23 heavy (non-hydrogen) atoms. The molecule has 3 heteroatoms. The van der Waals surface area contributed by atoms with Crippen LogP contribution in [0, 0.1) is 11.7 Å². The van der Waals surface area contributed by atoms with Crippen molar-refractivity contribution in [1.29, 1.82) is 0 Å². The molecule has 2 aromatic rings. The first kappa shape index (κ1) is 17.6. The van der Waals surface area contributed by atoms with Crippen LogP contribution in [-0.4, -0.2) is 29.2 Å². The standard InChI is InChI=1S/C20H26FNO/c1-16(2)13-22(14-18-8-10-19(21)11-9-18)15-20(23)12-17-6-4-3-5-7-17/h3-11,16,20,23H,12-15H2,1-2H3. The van der Waals surface area contributed by atoms with Crippen molar-refractivity contribution in [2.24, 2.45) is 5.92 Å². The molecule has 1 unspecified atom stereocenters. The number of hydrogen-bond acceptors (Lipinski definition) is 2. The van der Waals surface area contributed by atoms with E-state index in [0.29, 0.717) is 18.9 Å². The van der Waals surface area contributed by atoms with Crippen LogP contribution < -0.4 is 0 Å². The van der Waals surface area contributed by atoms with Gasteiger partial charge in [-0.1, -0.05) is 56.3 Å². The van der Waals surface area contributed by atoms with Gasteiger partial charge in [-0.15, -0.1) is 0 Å². The summed E-state index contributed by atoms with van der Waals surface area (Å²) in [5.41, 5.74) is 2.21. The highest BCUT2D eigenvalue weighted by molar-refractivity contribution is 5.17. The highest BCUT2D eigenvalue weighted by Gasteiger charge is 2.14. The Labute approximate surface area is 138 Å². The van der Waals surface area contributed by atoms with E-state index in [1.165, 1.54) is 12.1 Å². The molecule has 0 aliphatic carbocycles. The third-order valence-corrected chi connectivity index (χ3v) is 3.73. The molecule has 0 aliphatic heterocycles. The summed E-state index contributed by atoms with van der Waals surface area (Å²) < 4.78 is 13.0. The van der Waals surface area contributed by atoms with Gasteiger partial charge in [0.2, 0.25) is 0 Å². The number of nitrogens with zero attached hydrogens (tertiary/aromatic N) is 1. The van der Waals surface area contributed by atoms with Crippen molar-refractivity contribution in [3.8, 4) is 0 Å². The maximum atomic E-state index is 13.0. The van der Waals surface area contributed by atoms with Crippen LogP contribution in [0.3, 0.4) is 0 Å². The highest BCUT2D eigenvalue weighted by atomic mass is 19.1. The minimum Gasteiger partial charge on any atom is -0.391 e. The molecule has 1 atom stereocenters. The molecule has 2 nitrogen and oxygen atoms in total. The molecule has 2 aromatic carbocycles. The van der Waals surface area contributed by atoms with Crippen molar-refractivity contribution >= 4 is 0 Å². The van der Waals surface area contributed by atoms with Crippen molar-refractivity contribution in [2.45, 2.75) is 32.9 Å². The van der Waals surface area contributed by atoms with Crippen LogP contribution in [0.25, 0.3) is 0 Å². The molecule has 0 spiro atoms. The molecule has 0 aromatic heterocycles. The maximum absolute atomic E-state index is 13.0. The fraction of sp³-hybridized carbons (Fsp3) is 0.400. The van der Waals surface area contributed by atoms with E-state index in [4.69, 9.17) is 0 Å². The summed E-state index contributed by atoms with van der Waals surface area (Å²) >= 11 is 0. The lowest BCUT2D eigenvalue weighted by Crippen LogP contribution is -2.35. The van der Waals surface area contributed by atoms with Crippen molar-refractivity contribution in [3.05, 3.63) is 71.5 Å². The summed E-state index contributed by atoms with van der Waals surface area (Å²) in [6.45, 7) is 6.58. The maximum Gasteiger partial charge on any atom is 0.123 e. The molecule has 0 saturated heterocycles. The SMILES string of the molecule is CC(C)CN(Cc1ccc(F)cc1)CC(O)Cc1ccccc1. The van der Waals surface area contributed by atoms with Crippen molar-refractivity contribution in [3.63, 3.8) is 0 Å². The molecule has 0 bridgehead atoms. The number of aliphatic hydroxyl groups is 1. The third kappa shape index (κ3) is 6.51. The van der Waals surface area contributed by atoms with Crippen LogP contribution >= 0.6 is 0 Å². The summed E-state index contributed by atoms with van der Waals surface area (Å²) in [6.07, 6.45) is 0.246. The Bertz CT molecular complexity index is 568. The van der Waals surface area contributed by atoms with Gasteiger partial charge in [-0.05, 0) is 35.6 Å². The fourth-order valence-electron chi connectivity index (χ4n) is 2.82. The first-order valence-electron chi connectivity index (χ1n) is 8.21. The van der Waals surface area contributed by atoms with Crippen molar-refractivity contribution in [1.82, 2.24) is 4.90 Å². The Morgan fingerprint density at radius 1 is 0.913 bits per heavy atom. The number of halogens is 1. The lowest BCUT2D eigenvalue weighted by molar-refractivity contribution is 0.101. The summed E-state index contributed by atoms with van der Waals surface area (Å²) in [5.74, 6) is 0.299. The molecular weight excluding hydrogens is 289 g/mol. The second-order valence-electron chi connectivity index (χ2n) is 6.56. The third-order valence-electron chi connectivity index (χ3n) is 3.73. The summed E-state index contributed by atoms with van der Waals surface area (Å²) in [4.78, 5) is 2.24. The molecule has 0 fully saturated rings. The fourth-order valence-corrected chi connectivity index (χ4v) is 2.82. The van der Waals surface area contributed by atoms with Crippen LogP contribution in [0.15, 0.2) is 54.6 Å². The Balaban J connectivity index is 1.95. The van der Waals surface area contributed by atoms with Crippen LogP contribution in [-0.2, 0) is 13.0 Å². The number of benzene rings is 2. The summed E-state index contributed by atoms with van der Waals surface area (Å²) in [5, 5.41) is 10.4. The summed E-state index contributed by atoms with van der Waals surface area (Å²) in [7, 11) is 0. The minimum absolute atomic E-state index is 0.215. The van der Waals surface area contributed by atoms with Crippen LogP contribution in [0.1, 0.15) is 25.0 Å². The number of rotatable bonds is 8. The van der Waals surface area contributed by atoms with E-state index >= 15 is 0 Å². The van der Waals surface area contributed by atoms with Gasteiger partial charge in [0.15, 0.2) is 0 Å². The van der Waals surface area contributed by atoms with Gasteiger partial charge >= 0.3 is 0 Å². The minimum atomic E-state index is -0.406. The van der Waals surface area contributed by atoms with Gasteiger partial charge in [0.05, 0.1) is 6.10 Å². The quantitative estimate of drug-likeness (QED) is 0.799. The summed E-state index contributed by atoms with van der Waals surface area (Å²) in [6, 6.07) is 16.6. The molecule has 1 N–H and O–H groups in total. The zero-order valence-corrected chi connectivity index (χ0v) is 14.0. The van der Waals surface area contributed by atoms with Gasteiger partial charge in [-0.25, -0.2) is 4.39 Å². The van der Waals surface area contributed by atoms with E-state index in [9.17, 15) is 9.50 Å². The van der Waals surface area contributed by atoms with Gasteiger partial charge in [0.25, 0.3) is 0 Å². The van der Waals surface area contributed by atoms with E-state index in [0.717, 1.165) is 24.2 Å². The number of hydrogen-bond donors (Lipinski definition) is 1. The molecule has 0 aliphatic rings. The van der Waals surface area contributed by atoms with Gasteiger partial charge in [0, 0.05) is 19.6 Å². The van der Waals surface area contributed by atoms with E-state index in [2.05, 4.69) is 18.7 Å². The lowest BCUT2D eigenvalue weighted by Gasteiger charge is -2.27. The van der Waals surface area contributed by atoms with Gasteiger partial charge in [-0.2, -0.15) is 0 Å². The zero-order valence-electron chi connectivity index (χ0n) is 14.0. The molecule has 0 radical (unpaired) electrons. The average molecular weight is 315 g/mol. The van der Waals surface area contributed by atoms with E-state index in [1.807, 2.05) is 42.5 Å². The van der Waals surface area contributed by atoms with E-state index in [1.54, 1.807) is 0 Å². The molecule has 124 valence electrons. The van der Waals surface area contributed by atoms with E-state index in [-0.39, 0.29) is 5.82 Å². The zero-order chi connectivity index (χ0) is 16.7. The first-order valence-corrected chi connectivity index (χ1v) is 8.21. The smallest absolute Gasteiger partial charge is 0.123 e. The monoisotopic (exact) mass is 315 g/mol. The Hall–Kier alpha value is -1.71. The number of aliphatic hydroxyl groups excluding tert-OH is 1. The lowest BCUT2D eigenvalue weighted by atomic mass is 10.1. The largest absolute Gasteiger partial charge is 0.391 e. The molecular formula is C20H26FNO. The van der Waals surface area contributed by atoms with E-state index < -0.39 is 6.10 Å². The molecule has 2 rings (SSSR count). The Morgan fingerprint density at radius 3 is 2.17 bits per heavy atom. The van der Waals surface area contributed by atoms with Gasteiger partial charge < -0.3 is 5.11 Å². The van der Waals surface area contributed by atoms with Crippen molar-refractivity contribution < 1.29 is 9.50 Å². The molecule has 0 saturated carbocycles. The first-order chi connectivity index (χ1) is 11.0. The molecule has 0 amide bonds. The van der Waals surface area contributed by atoms with Gasteiger partial charge in [0.1, 0.15) is 5.82 Å². The second kappa shape index (κ2) is 8.80. The molecule has 0 heterocycles. The average Bonchev–Trinajstić information content (AvgIpc) is 2.50. The van der Waals surface area contributed by atoms with Crippen LogP contribution in [0.2, 0.25) is 0 Å². The Kier molecular flexibility index (Phi) is 6.75. The second-order valence-corrected chi connectivity index (χ2v) is 6.56. The topological polar surface area (TPSA) is 23.5 Å². The van der Waals surface area contributed by atoms with Crippen LogP contribution in [0.5, 0.6) is 0 Å². The normalized spacial score (nSPS) is 12.8. The van der Waals surface area contributed by atoms with Gasteiger partial charge in [-0.3, -0.25) is 4.90 Å². The van der Waals surface area contributed by atoms with Crippen molar-refractivity contribution in [2.75, 3.05) is 13.1 Å². The predicted octanol–water partition coefficient (Wildman–Crippen LogP) is 3.89. The van der Waals surface area contributed by atoms with Crippen LogP contribution in [0.4, 0.5) is 4.39 Å². The highest BCUT2D eigenvalue weighted by Crippen LogP contribution is 2.11.